The third-order valence-electron chi connectivity index (χ3n) is 3.40. The van der Waals surface area contributed by atoms with Crippen LogP contribution in [0, 0.1) is 10.1 Å². The average molecular weight is 327 g/mol. The molecule has 2 aromatic rings. The summed E-state index contributed by atoms with van der Waals surface area (Å²) in [6.45, 7) is 0. The van der Waals surface area contributed by atoms with Gasteiger partial charge in [0.15, 0.2) is 0 Å². The van der Waals surface area contributed by atoms with E-state index in [4.69, 9.17) is 11.6 Å². The van der Waals surface area contributed by atoms with Crippen molar-refractivity contribution >= 4 is 40.5 Å². The van der Waals surface area contributed by atoms with Gasteiger partial charge in [-0.1, -0.05) is 29.8 Å². The van der Waals surface area contributed by atoms with Gasteiger partial charge in [0.2, 0.25) is 0 Å². The first kappa shape index (κ1) is 15.0. The minimum atomic E-state index is -0.461. The number of carbonyl (C=O) groups is 1. The Labute approximate surface area is 137 Å². The molecule has 0 aliphatic carbocycles. The highest BCUT2D eigenvalue weighted by molar-refractivity contribution is 6.38. The highest BCUT2D eigenvalue weighted by Gasteiger charge is 2.23. The number of carbonyl (C=O) groups excluding carboxylic acids is 1. The van der Waals surface area contributed by atoms with Crippen LogP contribution in [0.15, 0.2) is 59.6 Å². The lowest BCUT2D eigenvalue weighted by Gasteiger charge is -1.98. The molecular formula is C17H11ClN2O3. The van der Waals surface area contributed by atoms with E-state index < -0.39 is 4.92 Å². The molecule has 0 saturated carbocycles. The van der Waals surface area contributed by atoms with Gasteiger partial charge in [-0.2, -0.15) is 0 Å². The van der Waals surface area contributed by atoms with Gasteiger partial charge >= 0.3 is 0 Å². The zero-order chi connectivity index (χ0) is 16.4. The summed E-state index contributed by atoms with van der Waals surface area (Å²) in [5, 5.41) is 13.8. The second-order valence-electron chi connectivity index (χ2n) is 4.94. The van der Waals surface area contributed by atoms with Crippen LogP contribution in [0.25, 0.3) is 11.6 Å². The summed E-state index contributed by atoms with van der Waals surface area (Å²) in [7, 11) is 0. The monoisotopic (exact) mass is 326 g/mol. The van der Waals surface area contributed by atoms with Crippen molar-refractivity contribution in [3.63, 3.8) is 0 Å². The van der Waals surface area contributed by atoms with Gasteiger partial charge < -0.3 is 5.32 Å². The molecule has 0 fully saturated rings. The summed E-state index contributed by atoms with van der Waals surface area (Å²) in [6.07, 6.45) is 3.23. The summed E-state index contributed by atoms with van der Waals surface area (Å²) in [5.74, 6) is -0.207. The zero-order valence-electron chi connectivity index (χ0n) is 11.8. The van der Waals surface area contributed by atoms with Crippen molar-refractivity contribution in [3.05, 3.63) is 80.9 Å². The van der Waals surface area contributed by atoms with E-state index in [9.17, 15) is 14.9 Å². The van der Waals surface area contributed by atoms with Crippen LogP contribution >= 0.6 is 11.6 Å². The van der Waals surface area contributed by atoms with E-state index in [1.807, 2.05) is 24.3 Å². The number of hydrogen-bond acceptors (Lipinski definition) is 3. The summed E-state index contributed by atoms with van der Waals surface area (Å²) in [6, 6.07) is 13.4. The first-order valence-electron chi connectivity index (χ1n) is 6.79. The van der Waals surface area contributed by atoms with Gasteiger partial charge in [0.1, 0.15) is 0 Å². The molecule has 0 unspecified atom stereocenters. The second-order valence-corrected chi connectivity index (χ2v) is 5.37. The molecular weight excluding hydrogens is 316 g/mol. The Hall–Kier alpha value is -2.92. The largest absolute Gasteiger partial charge is 0.321 e. The second kappa shape index (κ2) is 6.06. The van der Waals surface area contributed by atoms with Crippen molar-refractivity contribution in [2.75, 3.05) is 5.32 Å². The van der Waals surface area contributed by atoms with E-state index >= 15 is 0 Å². The first-order chi connectivity index (χ1) is 11.0. The number of benzene rings is 2. The third kappa shape index (κ3) is 3.14. The fraction of sp³-hybridized carbons (Fsp3) is 0. The Kier molecular flexibility index (Phi) is 3.95. The summed E-state index contributed by atoms with van der Waals surface area (Å²) in [4.78, 5) is 22.2. The number of nitro groups is 1. The molecule has 0 radical (unpaired) electrons. The van der Waals surface area contributed by atoms with E-state index in [2.05, 4.69) is 5.32 Å². The van der Waals surface area contributed by atoms with E-state index in [1.54, 1.807) is 24.3 Å². The Morgan fingerprint density at radius 3 is 2.52 bits per heavy atom. The summed E-state index contributed by atoms with van der Waals surface area (Å²) >= 11 is 6.20. The van der Waals surface area contributed by atoms with E-state index in [-0.39, 0.29) is 11.6 Å². The smallest absolute Gasteiger partial charge is 0.269 e. The fourth-order valence-electron chi connectivity index (χ4n) is 2.31. The molecule has 0 saturated heterocycles. The van der Waals surface area contributed by atoms with Gasteiger partial charge in [0.05, 0.1) is 10.5 Å². The highest BCUT2D eigenvalue weighted by Crippen LogP contribution is 2.32. The lowest BCUT2D eigenvalue weighted by Crippen LogP contribution is -2.03. The highest BCUT2D eigenvalue weighted by atomic mass is 35.5. The van der Waals surface area contributed by atoms with Gasteiger partial charge in [-0.15, -0.1) is 0 Å². The number of fused-ring (bicyclic) bond motifs is 1. The molecule has 0 atom stereocenters. The first-order valence-corrected chi connectivity index (χ1v) is 7.16. The number of nitro benzene ring substituents is 1. The molecule has 6 heteroatoms. The maximum atomic E-state index is 12.0. The van der Waals surface area contributed by atoms with Gasteiger partial charge in [-0.25, -0.2) is 0 Å². The lowest BCUT2D eigenvalue weighted by molar-refractivity contribution is -0.384. The molecule has 1 aliphatic rings. The van der Waals surface area contributed by atoms with Crippen molar-refractivity contribution in [2.24, 2.45) is 0 Å². The minimum absolute atomic E-state index is 0.0146. The number of halogens is 1. The molecule has 2 aromatic carbocycles. The predicted molar refractivity (Wildman–Crippen MR) is 90.0 cm³/mol. The van der Waals surface area contributed by atoms with Gasteiger partial charge in [0, 0.05) is 28.4 Å². The normalized spacial score (nSPS) is 15.4. The van der Waals surface area contributed by atoms with Crippen molar-refractivity contribution in [1.29, 1.82) is 0 Å². The molecule has 3 rings (SSSR count). The number of allylic oxidation sites excluding steroid dienone is 2. The van der Waals surface area contributed by atoms with Crippen LogP contribution in [0.4, 0.5) is 11.4 Å². The van der Waals surface area contributed by atoms with Crippen molar-refractivity contribution in [2.45, 2.75) is 0 Å². The number of hydrogen-bond donors (Lipinski definition) is 1. The molecule has 0 spiro atoms. The number of anilines is 1. The average Bonchev–Trinajstić information content (AvgIpc) is 2.84. The quantitative estimate of drug-likeness (QED) is 0.521. The molecule has 1 amide bonds. The molecule has 23 heavy (non-hydrogen) atoms. The van der Waals surface area contributed by atoms with Crippen molar-refractivity contribution in [3.8, 4) is 0 Å². The molecule has 114 valence electrons. The molecule has 5 nitrogen and oxygen atoms in total. The predicted octanol–water partition coefficient (Wildman–Crippen LogP) is 4.21. The summed E-state index contributed by atoms with van der Waals surface area (Å²) in [5.41, 5.74) is 2.77. The van der Waals surface area contributed by atoms with Crippen LogP contribution < -0.4 is 5.32 Å². The van der Waals surface area contributed by atoms with Crippen LogP contribution in [-0.2, 0) is 4.79 Å². The van der Waals surface area contributed by atoms with E-state index in [0.717, 1.165) is 11.3 Å². The molecule has 0 bridgehead atoms. The van der Waals surface area contributed by atoms with Gasteiger partial charge in [-0.3, -0.25) is 14.9 Å². The van der Waals surface area contributed by atoms with Crippen molar-refractivity contribution in [1.82, 2.24) is 0 Å². The van der Waals surface area contributed by atoms with Crippen molar-refractivity contribution < 1.29 is 9.72 Å². The molecule has 1 aliphatic heterocycles. The third-order valence-corrected chi connectivity index (χ3v) is 3.62. The topological polar surface area (TPSA) is 72.2 Å². The van der Waals surface area contributed by atoms with Gasteiger partial charge in [-0.05, 0) is 35.9 Å². The van der Waals surface area contributed by atoms with Gasteiger partial charge in [0.25, 0.3) is 11.6 Å². The number of nitrogens with one attached hydrogen (secondary N) is 1. The maximum absolute atomic E-state index is 12.0. The van der Waals surface area contributed by atoms with Crippen LogP contribution in [0.1, 0.15) is 11.1 Å². The van der Waals surface area contributed by atoms with Crippen LogP contribution in [-0.4, -0.2) is 10.8 Å². The van der Waals surface area contributed by atoms with E-state index in [0.29, 0.717) is 16.2 Å². The number of non-ortho nitro benzene ring substituents is 1. The zero-order valence-corrected chi connectivity index (χ0v) is 12.6. The SMILES string of the molecule is O=C1Nc2ccccc2/C1=C\C(Cl)=C\c1ccc([N+](=O)[O-])cc1. The van der Waals surface area contributed by atoms with Crippen LogP contribution in [0.2, 0.25) is 0 Å². The number of rotatable bonds is 3. The van der Waals surface area contributed by atoms with Crippen LogP contribution in [0.5, 0.6) is 0 Å². The number of para-hydroxylation sites is 1. The minimum Gasteiger partial charge on any atom is -0.321 e. The Morgan fingerprint density at radius 1 is 1.13 bits per heavy atom. The van der Waals surface area contributed by atoms with Crippen LogP contribution in [0.3, 0.4) is 0 Å². The maximum Gasteiger partial charge on any atom is 0.269 e. The fourth-order valence-corrected chi connectivity index (χ4v) is 2.55. The Morgan fingerprint density at radius 2 is 1.83 bits per heavy atom. The molecule has 1 N–H and O–H groups in total. The Bertz CT molecular complexity index is 854. The number of amides is 1. The molecule has 1 heterocycles. The summed E-state index contributed by atoms with van der Waals surface area (Å²) < 4.78 is 0. The lowest BCUT2D eigenvalue weighted by atomic mass is 10.1. The Balaban J connectivity index is 1.90. The standard InChI is InChI=1S/C17H11ClN2O3/c18-12(9-11-5-7-13(8-6-11)20(22)23)10-15-14-3-1-2-4-16(14)19-17(15)21/h1-10H,(H,19,21)/b12-9-,15-10+. The number of nitrogens with zero attached hydrogens (tertiary/aromatic N) is 1. The molecule has 0 aromatic heterocycles. The van der Waals surface area contributed by atoms with E-state index in [1.165, 1.54) is 12.1 Å².